The number of hydrogen-bond acceptors (Lipinski definition) is 8. The van der Waals surface area contributed by atoms with E-state index in [4.69, 9.17) is 10.2 Å². The van der Waals surface area contributed by atoms with E-state index in [1.165, 1.54) is 0 Å². The van der Waals surface area contributed by atoms with Gasteiger partial charge in [0, 0.05) is 0 Å². The molecule has 0 aliphatic heterocycles. The van der Waals surface area contributed by atoms with Gasteiger partial charge in [0.05, 0.1) is 9.79 Å². The van der Waals surface area contributed by atoms with Crippen molar-refractivity contribution in [3.05, 3.63) is 48.5 Å². The molecule has 0 saturated heterocycles. The molecule has 126 valence electrons. The molecule has 0 unspecified atom stereocenters. The van der Waals surface area contributed by atoms with Gasteiger partial charge < -0.3 is 19.3 Å². The van der Waals surface area contributed by atoms with Gasteiger partial charge >= 0.3 is 17.1 Å². The Morgan fingerprint density at radius 2 is 0.826 bits per heavy atom. The summed E-state index contributed by atoms with van der Waals surface area (Å²) in [6.45, 7) is 0. The first kappa shape index (κ1) is 21.4. The molecule has 0 aromatic heterocycles. The van der Waals surface area contributed by atoms with Crippen LogP contribution in [0.25, 0.3) is 0 Å². The molecule has 23 heavy (non-hydrogen) atoms. The zero-order valence-corrected chi connectivity index (χ0v) is 13.9. The zero-order chi connectivity index (χ0) is 17.0. The minimum atomic E-state index is -4.38. The standard InChI is InChI=1S/2C6H6O4S.Fe/c2*7-5-1-3-6(4-2-5)11(8,9)10;/h2*1-4,7H,(H,8,9,10);/q;;+2/p-2. The van der Waals surface area contributed by atoms with E-state index in [1.54, 1.807) is 0 Å². The maximum Gasteiger partial charge on any atom is 2.00 e. The van der Waals surface area contributed by atoms with Crippen LogP contribution in [-0.4, -0.2) is 36.2 Å². The van der Waals surface area contributed by atoms with E-state index in [2.05, 4.69) is 0 Å². The summed E-state index contributed by atoms with van der Waals surface area (Å²) in [5.74, 6) is -0.144. The zero-order valence-electron chi connectivity index (χ0n) is 11.1. The van der Waals surface area contributed by atoms with E-state index in [0.717, 1.165) is 48.5 Å². The molecule has 0 spiro atoms. The average Bonchev–Trinajstić information content (AvgIpc) is 2.38. The Balaban J connectivity index is 0.000000403. The van der Waals surface area contributed by atoms with Crippen LogP contribution in [-0.2, 0) is 37.3 Å². The molecule has 0 aliphatic rings. The van der Waals surface area contributed by atoms with Crippen molar-refractivity contribution in [3.63, 3.8) is 0 Å². The predicted octanol–water partition coefficient (Wildman–Crippen LogP) is 0.590. The fraction of sp³-hybridized carbons (Fsp3) is 0. The molecule has 2 aromatic rings. The minimum Gasteiger partial charge on any atom is -0.744 e. The Labute approximate surface area is 143 Å². The van der Waals surface area contributed by atoms with Crippen molar-refractivity contribution < 1.29 is 53.2 Å². The smallest absolute Gasteiger partial charge is 0.744 e. The number of phenols is 2. The Morgan fingerprint density at radius 3 is 1.00 bits per heavy atom. The maximum atomic E-state index is 10.3. The van der Waals surface area contributed by atoms with Crippen LogP contribution < -0.4 is 0 Å². The van der Waals surface area contributed by atoms with E-state index in [1.807, 2.05) is 0 Å². The van der Waals surface area contributed by atoms with Crippen LogP contribution in [0.4, 0.5) is 0 Å². The van der Waals surface area contributed by atoms with Gasteiger partial charge in [-0.25, -0.2) is 16.8 Å². The monoisotopic (exact) mass is 402 g/mol. The van der Waals surface area contributed by atoms with E-state index in [0.29, 0.717) is 0 Å². The van der Waals surface area contributed by atoms with Crippen molar-refractivity contribution in [1.29, 1.82) is 0 Å². The van der Waals surface area contributed by atoms with Gasteiger partial charge in [0.25, 0.3) is 0 Å². The topological polar surface area (TPSA) is 155 Å². The summed E-state index contributed by atoms with van der Waals surface area (Å²) in [7, 11) is -8.76. The summed E-state index contributed by atoms with van der Waals surface area (Å²) < 4.78 is 61.8. The molecule has 0 radical (unpaired) electrons. The quantitative estimate of drug-likeness (QED) is 0.546. The van der Waals surface area contributed by atoms with Gasteiger partial charge in [0.1, 0.15) is 31.7 Å². The molecule has 0 bridgehead atoms. The largest absolute Gasteiger partial charge is 2.00 e. The van der Waals surface area contributed by atoms with Gasteiger partial charge in [-0.1, -0.05) is 0 Å². The summed E-state index contributed by atoms with van der Waals surface area (Å²) in [5, 5.41) is 17.5. The third kappa shape index (κ3) is 7.46. The number of rotatable bonds is 2. The van der Waals surface area contributed by atoms with Gasteiger partial charge in [-0.05, 0) is 48.5 Å². The Morgan fingerprint density at radius 1 is 0.609 bits per heavy atom. The van der Waals surface area contributed by atoms with Gasteiger partial charge in [0.2, 0.25) is 0 Å². The van der Waals surface area contributed by atoms with Gasteiger partial charge in [-0.2, -0.15) is 0 Å². The van der Waals surface area contributed by atoms with Crippen LogP contribution in [0.5, 0.6) is 11.5 Å². The Kier molecular flexibility index (Phi) is 7.71. The Bertz CT molecular complexity index is 754. The van der Waals surface area contributed by atoms with E-state index < -0.39 is 20.2 Å². The molecule has 2 aromatic carbocycles. The SMILES string of the molecule is O=S(=O)([O-])c1ccc(O)cc1.O=S(=O)([O-])c1ccc(O)cc1.[Fe+2]. The second-order valence-corrected chi connectivity index (χ2v) is 6.66. The first-order valence-corrected chi connectivity index (χ1v) is 8.31. The van der Waals surface area contributed by atoms with Crippen LogP contribution in [0.1, 0.15) is 0 Å². The summed E-state index contributed by atoms with van der Waals surface area (Å²) in [6, 6.07) is 8.79. The second kappa shape index (κ2) is 8.29. The normalized spacial score (nSPS) is 10.9. The number of benzene rings is 2. The molecule has 0 heterocycles. The average molecular weight is 402 g/mol. The number of hydrogen-bond donors (Lipinski definition) is 2. The predicted molar refractivity (Wildman–Crippen MR) is 72.1 cm³/mol. The van der Waals surface area contributed by atoms with Gasteiger partial charge in [-0.3, -0.25) is 0 Å². The molecule has 2 N–H and O–H groups in total. The molecule has 0 atom stereocenters. The number of phenolic OH excluding ortho intramolecular Hbond substituents is 2. The van der Waals surface area contributed by atoms with Crippen molar-refractivity contribution in [1.82, 2.24) is 0 Å². The van der Waals surface area contributed by atoms with Crippen LogP contribution in [0, 0.1) is 0 Å². The summed E-state index contributed by atoms with van der Waals surface area (Å²) in [4.78, 5) is -0.675. The van der Waals surface area contributed by atoms with Gasteiger partial charge in [-0.15, -0.1) is 0 Å². The second-order valence-electron chi connectivity index (χ2n) is 3.90. The van der Waals surface area contributed by atoms with Gasteiger partial charge in [0.15, 0.2) is 0 Å². The molecule has 0 amide bonds. The third-order valence-electron chi connectivity index (χ3n) is 2.25. The molecular formula is C12H10FeO8S2. The molecule has 8 nitrogen and oxygen atoms in total. The third-order valence-corrected chi connectivity index (χ3v) is 3.95. The van der Waals surface area contributed by atoms with Crippen LogP contribution in [0.3, 0.4) is 0 Å². The van der Waals surface area contributed by atoms with E-state index in [9.17, 15) is 25.9 Å². The van der Waals surface area contributed by atoms with Crippen molar-refractivity contribution in [2.45, 2.75) is 9.79 Å². The first-order valence-electron chi connectivity index (χ1n) is 5.50. The van der Waals surface area contributed by atoms with Crippen LogP contribution in [0.2, 0.25) is 0 Å². The molecule has 11 heteroatoms. The van der Waals surface area contributed by atoms with Crippen molar-refractivity contribution in [2.75, 3.05) is 0 Å². The summed E-state index contributed by atoms with van der Waals surface area (Å²) >= 11 is 0. The Hall–Kier alpha value is -1.62. The van der Waals surface area contributed by atoms with E-state index >= 15 is 0 Å². The minimum absolute atomic E-state index is 0. The fourth-order valence-corrected chi connectivity index (χ4v) is 2.16. The molecular weight excluding hydrogens is 392 g/mol. The van der Waals surface area contributed by atoms with Crippen LogP contribution in [0.15, 0.2) is 58.3 Å². The molecule has 0 aliphatic carbocycles. The maximum absolute atomic E-state index is 10.3. The van der Waals surface area contributed by atoms with Crippen LogP contribution >= 0.6 is 0 Å². The van der Waals surface area contributed by atoms with Crippen molar-refractivity contribution in [2.24, 2.45) is 0 Å². The summed E-state index contributed by atoms with van der Waals surface area (Å²) in [6.07, 6.45) is 0. The first-order chi connectivity index (χ1) is 10.00. The van der Waals surface area contributed by atoms with Crippen molar-refractivity contribution >= 4 is 20.2 Å². The molecule has 2 rings (SSSR count). The molecule has 0 saturated carbocycles. The number of aromatic hydroxyl groups is 2. The molecule has 0 fully saturated rings. The fourth-order valence-electron chi connectivity index (χ4n) is 1.23. The van der Waals surface area contributed by atoms with Crippen molar-refractivity contribution in [3.8, 4) is 11.5 Å². The van der Waals surface area contributed by atoms with E-state index in [-0.39, 0.29) is 38.4 Å². The summed E-state index contributed by atoms with van der Waals surface area (Å²) in [5.41, 5.74) is 0.